The number of ether oxygens (including phenoxy) is 1. The molecule has 0 unspecified atom stereocenters. The van der Waals surface area contributed by atoms with Gasteiger partial charge in [-0.05, 0) is 23.8 Å². The van der Waals surface area contributed by atoms with Crippen molar-refractivity contribution in [1.29, 1.82) is 0 Å². The Kier molecular flexibility index (Phi) is 2.96. The Morgan fingerprint density at radius 3 is 3.12 bits per heavy atom. The number of nitrogens with two attached hydrogens (primary N) is 1. The van der Waals surface area contributed by atoms with Gasteiger partial charge in [0.05, 0.1) is 6.61 Å². The molecule has 0 spiro atoms. The number of fused-ring (bicyclic) bond motifs is 1. The Hall–Kier alpha value is -1.75. The molecule has 0 aliphatic carbocycles. The number of urea groups is 1. The predicted octanol–water partition coefficient (Wildman–Crippen LogP) is 1.26. The summed E-state index contributed by atoms with van der Waals surface area (Å²) in [5.74, 6) is 0. The molecule has 0 aromatic heterocycles. The number of nitrogens with one attached hydrogen (secondary N) is 1. The number of methoxy groups -OCH3 is 1. The highest BCUT2D eigenvalue weighted by atomic mass is 16.5. The molecule has 5 nitrogen and oxygen atoms in total. The molecule has 86 valence electrons. The molecule has 2 amide bonds. The lowest BCUT2D eigenvalue weighted by atomic mass is 10.1. The number of carbonyl (C=O) groups is 1. The molecule has 0 saturated heterocycles. The first-order valence-electron chi connectivity index (χ1n) is 5.14. The van der Waals surface area contributed by atoms with Crippen LogP contribution in [-0.2, 0) is 11.3 Å². The maximum absolute atomic E-state index is 11.7. The first kappa shape index (κ1) is 10.8. The summed E-state index contributed by atoms with van der Waals surface area (Å²) in [5.41, 5.74) is 8.29. The van der Waals surface area contributed by atoms with Gasteiger partial charge in [-0.3, -0.25) is 0 Å². The summed E-state index contributed by atoms with van der Waals surface area (Å²) in [6, 6.07) is 5.41. The summed E-state index contributed by atoms with van der Waals surface area (Å²) in [4.78, 5) is 13.4. The van der Waals surface area contributed by atoms with Gasteiger partial charge in [-0.25, -0.2) is 4.79 Å². The van der Waals surface area contributed by atoms with Crippen LogP contribution in [0.1, 0.15) is 5.56 Å². The van der Waals surface area contributed by atoms with Crippen molar-refractivity contribution in [3.63, 3.8) is 0 Å². The van der Waals surface area contributed by atoms with Gasteiger partial charge < -0.3 is 20.7 Å². The number of rotatable bonds is 3. The van der Waals surface area contributed by atoms with Gasteiger partial charge in [0.2, 0.25) is 0 Å². The molecule has 2 rings (SSSR count). The van der Waals surface area contributed by atoms with E-state index in [2.05, 4.69) is 5.32 Å². The second-order valence-corrected chi connectivity index (χ2v) is 3.76. The summed E-state index contributed by atoms with van der Waals surface area (Å²) in [7, 11) is 1.62. The molecular weight excluding hydrogens is 206 g/mol. The Morgan fingerprint density at radius 2 is 2.38 bits per heavy atom. The third-order valence-electron chi connectivity index (χ3n) is 2.58. The first-order valence-corrected chi connectivity index (χ1v) is 5.14. The third kappa shape index (κ3) is 2.09. The maximum atomic E-state index is 11.7. The van der Waals surface area contributed by atoms with Gasteiger partial charge in [0.25, 0.3) is 0 Å². The summed E-state index contributed by atoms with van der Waals surface area (Å²) < 4.78 is 4.96. The van der Waals surface area contributed by atoms with Gasteiger partial charge in [-0.1, -0.05) is 0 Å². The molecule has 1 aliphatic heterocycles. The minimum absolute atomic E-state index is 0.0886. The highest BCUT2D eigenvalue weighted by Crippen LogP contribution is 2.24. The van der Waals surface area contributed by atoms with E-state index in [1.165, 1.54) is 0 Å². The highest BCUT2D eigenvalue weighted by Gasteiger charge is 2.21. The van der Waals surface area contributed by atoms with Crippen LogP contribution in [0.15, 0.2) is 18.2 Å². The molecule has 0 fully saturated rings. The Bertz CT molecular complexity index is 406. The molecule has 0 saturated carbocycles. The fraction of sp³-hybridized carbons (Fsp3) is 0.364. The molecular formula is C11H15N3O2. The smallest absolute Gasteiger partial charge is 0.322 e. The van der Waals surface area contributed by atoms with E-state index in [4.69, 9.17) is 10.5 Å². The number of hydrogen-bond donors (Lipinski definition) is 2. The van der Waals surface area contributed by atoms with Crippen LogP contribution < -0.4 is 11.1 Å². The second-order valence-electron chi connectivity index (χ2n) is 3.76. The van der Waals surface area contributed by atoms with E-state index < -0.39 is 0 Å². The molecule has 1 aliphatic rings. The molecule has 1 aromatic rings. The zero-order chi connectivity index (χ0) is 11.5. The number of anilines is 2. The van der Waals surface area contributed by atoms with Crippen LogP contribution in [0.2, 0.25) is 0 Å². The van der Waals surface area contributed by atoms with Gasteiger partial charge in [-0.2, -0.15) is 0 Å². The molecule has 5 heteroatoms. The van der Waals surface area contributed by atoms with E-state index in [0.29, 0.717) is 25.4 Å². The second kappa shape index (κ2) is 4.40. The van der Waals surface area contributed by atoms with Crippen LogP contribution in [0.5, 0.6) is 0 Å². The van der Waals surface area contributed by atoms with Gasteiger partial charge in [0.15, 0.2) is 0 Å². The molecule has 1 heterocycles. The van der Waals surface area contributed by atoms with Crippen molar-refractivity contribution in [2.24, 2.45) is 0 Å². The average Bonchev–Trinajstić information content (AvgIpc) is 2.27. The minimum Gasteiger partial charge on any atom is -0.399 e. The van der Waals surface area contributed by atoms with Crippen LogP contribution in [0, 0.1) is 0 Å². The van der Waals surface area contributed by atoms with Gasteiger partial charge in [0.1, 0.15) is 0 Å². The van der Waals surface area contributed by atoms with E-state index in [1.54, 1.807) is 18.1 Å². The summed E-state index contributed by atoms with van der Waals surface area (Å²) in [6.07, 6.45) is 0. The monoisotopic (exact) mass is 221 g/mol. The Labute approximate surface area is 94.2 Å². The van der Waals surface area contributed by atoms with Crippen molar-refractivity contribution >= 4 is 17.4 Å². The van der Waals surface area contributed by atoms with Crippen molar-refractivity contribution in [2.75, 3.05) is 31.3 Å². The van der Waals surface area contributed by atoms with E-state index in [1.807, 2.05) is 12.1 Å². The summed E-state index contributed by atoms with van der Waals surface area (Å²) in [6.45, 7) is 1.69. The van der Waals surface area contributed by atoms with E-state index in [0.717, 1.165) is 11.3 Å². The minimum atomic E-state index is -0.0886. The number of nitrogens with zero attached hydrogens (tertiary/aromatic N) is 1. The normalized spacial score (nSPS) is 14.6. The van der Waals surface area contributed by atoms with Crippen LogP contribution in [0.3, 0.4) is 0 Å². The lowest BCUT2D eigenvalue weighted by Gasteiger charge is -2.29. The van der Waals surface area contributed by atoms with Crippen LogP contribution in [-0.4, -0.2) is 31.2 Å². The number of benzene rings is 1. The Balaban J connectivity index is 2.16. The number of carbonyl (C=O) groups excluding carboxylic acids is 1. The quantitative estimate of drug-likeness (QED) is 0.755. The Morgan fingerprint density at radius 1 is 1.56 bits per heavy atom. The van der Waals surface area contributed by atoms with E-state index in [-0.39, 0.29) is 6.03 Å². The highest BCUT2D eigenvalue weighted by molar-refractivity contribution is 5.92. The SMILES string of the molecule is COCCN1Cc2cc(N)ccc2NC1=O. The lowest BCUT2D eigenvalue weighted by Crippen LogP contribution is -2.40. The fourth-order valence-electron chi connectivity index (χ4n) is 1.72. The topological polar surface area (TPSA) is 67.6 Å². The zero-order valence-corrected chi connectivity index (χ0v) is 9.19. The van der Waals surface area contributed by atoms with Crippen LogP contribution >= 0.6 is 0 Å². The van der Waals surface area contributed by atoms with Crippen molar-refractivity contribution in [2.45, 2.75) is 6.54 Å². The maximum Gasteiger partial charge on any atom is 0.322 e. The molecule has 0 radical (unpaired) electrons. The number of amides is 2. The first-order chi connectivity index (χ1) is 7.70. The fourth-order valence-corrected chi connectivity index (χ4v) is 1.72. The summed E-state index contributed by atoms with van der Waals surface area (Å²) >= 11 is 0. The standard InChI is InChI=1S/C11H15N3O2/c1-16-5-4-14-7-8-6-9(12)2-3-10(8)13-11(14)15/h2-3,6H,4-5,7,12H2,1H3,(H,13,15). The zero-order valence-electron chi connectivity index (χ0n) is 9.19. The van der Waals surface area contributed by atoms with Gasteiger partial charge in [-0.15, -0.1) is 0 Å². The molecule has 16 heavy (non-hydrogen) atoms. The molecule has 0 atom stereocenters. The lowest BCUT2D eigenvalue weighted by molar-refractivity contribution is 0.151. The van der Waals surface area contributed by atoms with Crippen molar-refractivity contribution in [1.82, 2.24) is 4.90 Å². The number of nitrogen functional groups attached to an aromatic ring is 1. The molecule has 1 aromatic carbocycles. The van der Waals surface area contributed by atoms with Crippen molar-refractivity contribution in [3.05, 3.63) is 23.8 Å². The van der Waals surface area contributed by atoms with Gasteiger partial charge in [0, 0.05) is 31.6 Å². The molecule has 3 N–H and O–H groups in total. The van der Waals surface area contributed by atoms with Crippen molar-refractivity contribution < 1.29 is 9.53 Å². The van der Waals surface area contributed by atoms with E-state index in [9.17, 15) is 4.79 Å². The van der Waals surface area contributed by atoms with Crippen LogP contribution in [0.4, 0.5) is 16.2 Å². The van der Waals surface area contributed by atoms with Gasteiger partial charge >= 0.3 is 6.03 Å². The molecule has 0 bridgehead atoms. The largest absolute Gasteiger partial charge is 0.399 e. The third-order valence-corrected chi connectivity index (χ3v) is 2.58. The van der Waals surface area contributed by atoms with Crippen molar-refractivity contribution in [3.8, 4) is 0 Å². The predicted molar refractivity (Wildman–Crippen MR) is 62.2 cm³/mol. The van der Waals surface area contributed by atoms with Crippen LogP contribution in [0.25, 0.3) is 0 Å². The summed E-state index contributed by atoms with van der Waals surface area (Å²) in [5, 5.41) is 2.82. The number of hydrogen-bond acceptors (Lipinski definition) is 3. The van der Waals surface area contributed by atoms with E-state index >= 15 is 0 Å². The average molecular weight is 221 g/mol.